The first-order valence-electron chi connectivity index (χ1n) is 9.51. The molecule has 1 saturated carbocycles. The number of piperazine rings is 1. The molecule has 0 spiro atoms. The van der Waals surface area contributed by atoms with Crippen molar-refractivity contribution in [2.75, 3.05) is 26.2 Å². The van der Waals surface area contributed by atoms with E-state index in [9.17, 15) is 9.59 Å². The van der Waals surface area contributed by atoms with Gasteiger partial charge in [0.1, 0.15) is 0 Å². The van der Waals surface area contributed by atoms with Crippen LogP contribution in [0.2, 0.25) is 0 Å². The lowest BCUT2D eigenvalue weighted by molar-refractivity contribution is -0.138. The van der Waals surface area contributed by atoms with Crippen molar-refractivity contribution < 1.29 is 9.59 Å². The number of hydrogen-bond donors (Lipinski definition) is 1. The maximum absolute atomic E-state index is 12.6. The van der Waals surface area contributed by atoms with E-state index >= 15 is 0 Å². The number of nitrogens with one attached hydrogen (secondary N) is 1. The highest BCUT2D eigenvalue weighted by Gasteiger charge is 2.29. The highest BCUT2D eigenvalue weighted by atomic mass is 16.2. The SMILES string of the molecule is Cc1ccccc1CNC(=O)N1CCN(C(=O)C2CCCCC2)CC1. The van der Waals surface area contributed by atoms with Gasteiger partial charge in [-0.25, -0.2) is 4.79 Å². The fourth-order valence-electron chi connectivity index (χ4n) is 3.83. The molecular formula is C20H29N3O2. The van der Waals surface area contributed by atoms with Gasteiger partial charge in [0.15, 0.2) is 0 Å². The highest BCUT2D eigenvalue weighted by molar-refractivity contribution is 5.79. The lowest BCUT2D eigenvalue weighted by Crippen LogP contribution is -2.54. The summed E-state index contributed by atoms with van der Waals surface area (Å²) >= 11 is 0. The van der Waals surface area contributed by atoms with E-state index in [1.807, 2.05) is 28.0 Å². The summed E-state index contributed by atoms with van der Waals surface area (Å²) in [6.07, 6.45) is 5.69. The summed E-state index contributed by atoms with van der Waals surface area (Å²) in [6.45, 7) is 5.17. The summed E-state index contributed by atoms with van der Waals surface area (Å²) in [5.74, 6) is 0.523. The lowest BCUT2D eigenvalue weighted by Gasteiger charge is -2.37. The Bertz CT molecular complexity index is 603. The van der Waals surface area contributed by atoms with Crippen LogP contribution < -0.4 is 5.32 Å². The third-order valence-corrected chi connectivity index (χ3v) is 5.52. The minimum Gasteiger partial charge on any atom is -0.339 e. The van der Waals surface area contributed by atoms with Crippen LogP contribution in [-0.2, 0) is 11.3 Å². The quantitative estimate of drug-likeness (QED) is 0.917. The molecule has 2 aliphatic rings. The van der Waals surface area contributed by atoms with E-state index in [-0.39, 0.29) is 11.9 Å². The first kappa shape index (κ1) is 17.8. The van der Waals surface area contributed by atoms with Crippen molar-refractivity contribution in [2.24, 2.45) is 5.92 Å². The molecule has 1 aromatic carbocycles. The van der Waals surface area contributed by atoms with Crippen molar-refractivity contribution in [1.82, 2.24) is 15.1 Å². The van der Waals surface area contributed by atoms with Crippen molar-refractivity contribution in [3.05, 3.63) is 35.4 Å². The van der Waals surface area contributed by atoms with Gasteiger partial charge in [-0.1, -0.05) is 43.5 Å². The maximum Gasteiger partial charge on any atom is 0.317 e. The normalized spacial score (nSPS) is 18.9. The number of carbonyl (C=O) groups is 2. The van der Waals surface area contributed by atoms with Gasteiger partial charge in [0.25, 0.3) is 0 Å². The van der Waals surface area contributed by atoms with E-state index in [4.69, 9.17) is 0 Å². The molecule has 2 fully saturated rings. The number of hydrogen-bond acceptors (Lipinski definition) is 2. The Labute approximate surface area is 150 Å². The van der Waals surface area contributed by atoms with Gasteiger partial charge in [-0.3, -0.25) is 4.79 Å². The second kappa shape index (κ2) is 8.37. The van der Waals surface area contributed by atoms with Crippen LogP contribution in [0.1, 0.15) is 43.2 Å². The van der Waals surface area contributed by atoms with Crippen molar-refractivity contribution in [3.8, 4) is 0 Å². The van der Waals surface area contributed by atoms with Crippen LogP contribution >= 0.6 is 0 Å². The van der Waals surface area contributed by atoms with E-state index in [2.05, 4.69) is 18.3 Å². The highest BCUT2D eigenvalue weighted by Crippen LogP contribution is 2.25. The zero-order valence-corrected chi connectivity index (χ0v) is 15.2. The first-order chi connectivity index (χ1) is 12.1. The molecule has 1 saturated heterocycles. The monoisotopic (exact) mass is 343 g/mol. The topological polar surface area (TPSA) is 52.7 Å². The summed E-state index contributed by atoms with van der Waals surface area (Å²) in [4.78, 5) is 28.7. The van der Waals surface area contributed by atoms with E-state index in [0.29, 0.717) is 38.6 Å². The largest absolute Gasteiger partial charge is 0.339 e. The first-order valence-corrected chi connectivity index (χ1v) is 9.51. The van der Waals surface area contributed by atoms with Crippen molar-refractivity contribution in [3.63, 3.8) is 0 Å². The Morgan fingerprint density at radius 2 is 1.64 bits per heavy atom. The Hall–Kier alpha value is -2.04. The number of nitrogens with zero attached hydrogens (tertiary/aromatic N) is 2. The molecule has 0 radical (unpaired) electrons. The summed E-state index contributed by atoms with van der Waals surface area (Å²) in [5.41, 5.74) is 2.33. The molecule has 1 aromatic rings. The maximum atomic E-state index is 12.6. The molecule has 3 rings (SSSR count). The summed E-state index contributed by atoms with van der Waals surface area (Å²) in [5, 5.41) is 3.00. The van der Waals surface area contributed by atoms with Crippen molar-refractivity contribution in [2.45, 2.75) is 45.6 Å². The number of carbonyl (C=O) groups excluding carboxylic acids is 2. The Morgan fingerprint density at radius 1 is 1.00 bits per heavy atom. The number of amides is 3. The van der Waals surface area contributed by atoms with Crippen molar-refractivity contribution in [1.29, 1.82) is 0 Å². The molecule has 0 bridgehead atoms. The number of benzene rings is 1. The number of urea groups is 1. The molecule has 0 atom stereocenters. The molecule has 5 heteroatoms. The second-order valence-electron chi connectivity index (χ2n) is 7.23. The smallest absolute Gasteiger partial charge is 0.317 e. The third kappa shape index (κ3) is 4.53. The Balaban J connectivity index is 1.44. The van der Waals surface area contributed by atoms with Gasteiger partial charge < -0.3 is 15.1 Å². The molecule has 3 amide bonds. The zero-order valence-electron chi connectivity index (χ0n) is 15.2. The van der Waals surface area contributed by atoms with Crippen LogP contribution in [0.4, 0.5) is 4.79 Å². The van der Waals surface area contributed by atoms with Gasteiger partial charge in [-0.2, -0.15) is 0 Å². The zero-order chi connectivity index (χ0) is 17.6. The minimum absolute atomic E-state index is 0.0342. The molecule has 0 aromatic heterocycles. The van der Waals surface area contributed by atoms with Crippen LogP contribution in [0, 0.1) is 12.8 Å². The molecule has 25 heavy (non-hydrogen) atoms. The van der Waals surface area contributed by atoms with Crippen LogP contribution in [0.5, 0.6) is 0 Å². The van der Waals surface area contributed by atoms with E-state index in [1.165, 1.54) is 24.8 Å². The van der Waals surface area contributed by atoms with Crippen LogP contribution in [0.25, 0.3) is 0 Å². The van der Waals surface area contributed by atoms with E-state index in [1.54, 1.807) is 0 Å². The van der Waals surface area contributed by atoms with E-state index in [0.717, 1.165) is 18.4 Å². The van der Waals surface area contributed by atoms with E-state index < -0.39 is 0 Å². The molecule has 136 valence electrons. The standard InChI is InChI=1S/C20H29N3O2/c1-16-7-5-6-10-18(16)15-21-20(25)23-13-11-22(12-14-23)19(24)17-8-3-2-4-9-17/h5-7,10,17H,2-4,8-9,11-15H2,1H3,(H,21,25). The third-order valence-electron chi connectivity index (χ3n) is 5.52. The summed E-state index contributed by atoms with van der Waals surface area (Å²) < 4.78 is 0. The van der Waals surface area contributed by atoms with Crippen LogP contribution in [0.3, 0.4) is 0 Å². The van der Waals surface area contributed by atoms with Crippen molar-refractivity contribution >= 4 is 11.9 Å². The molecular weight excluding hydrogens is 314 g/mol. The van der Waals surface area contributed by atoms with Gasteiger partial charge in [0.2, 0.25) is 5.91 Å². The molecule has 5 nitrogen and oxygen atoms in total. The lowest BCUT2D eigenvalue weighted by atomic mass is 9.88. The predicted octanol–water partition coefficient (Wildman–Crippen LogP) is 2.93. The second-order valence-corrected chi connectivity index (χ2v) is 7.23. The van der Waals surface area contributed by atoms with Crippen LogP contribution in [0.15, 0.2) is 24.3 Å². The summed E-state index contributed by atoms with van der Waals surface area (Å²) in [7, 11) is 0. The van der Waals surface area contributed by atoms with Gasteiger partial charge in [-0.15, -0.1) is 0 Å². The minimum atomic E-state index is -0.0342. The fourth-order valence-corrected chi connectivity index (χ4v) is 3.83. The Morgan fingerprint density at radius 3 is 2.32 bits per heavy atom. The van der Waals surface area contributed by atoms with Gasteiger partial charge in [0, 0.05) is 38.6 Å². The van der Waals surface area contributed by atoms with Gasteiger partial charge in [0.05, 0.1) is 0 Å². The fraction of sp³-hybridized carbons (Fsp3) is 0.600. The molecule has 1 N–H and O–H groups in total. The average Bonchev–Trinajstić information content (AvgIpc) is 2.67. The molecule has 1 aliphatic heterocycles. The molecule has 0 unspecified atom stereocenters. The predicted molar refractivity (Wildman–Crippen MR) is 98.1 cm³/mol. The van der Waals surface area contributed by atoms with Crippen LogP contribution in [-0.4, -0.2) is 47.9 Å². The molecule has 1 aliphatic carbocycles. The Kier molecular flexibility index (Phi) is 5.95. The molecule has 1 heterocycles. The number of aryl methyl sites for hydroxylation is 1. The average molecular weight is 343 g/mol. The van der Waals surface area contributed by atoms with Gasteiger partial charge in [-0.05, 0) is 30.9 Å². The number of rotatable bonds is 3. The summed E-state index contributed by atoms with van der Waals surface area (Å²) in [6, 6.07) is 8.05. The van der Waals surface area contributed by atoms with Gasteiger partial charge >= 0.3 is 6.03 Å².